The summed E-state index contributed by atoms with van der Waals surface area (Å²) in [6.07, 6.45) is 0.934. The molecular weight excluding hydrogens is 295 g/mol. The Balaban J connectivity index is 1.75. The van der Waals surface area contributed by atoms with Gasteiger partial charge in [0.2, 0.25) is 11.8 Å². The van der Waals surface area contributed by atoms with Crippen molar-refractivity contribution in [3.05, 3.63) is 65.5 Å². The number of aryl methyl sites for hydroxylation is 1. The van der Waals surface area contributed by atoms with Crippen LogP contribution in [0.5, 0.6) is 0 Å². The molecular formula is C18H19FN2O2. The number of anilines is 1. The van der Waals surface area contributed by atoms with E-state index in [9.17, 15) is 14.0 Å². The molecule has 120 valence electrons. The van der Waals surface area contributed by atoms with Crippen LogP contribution in [-0.4, -0.2) is 11.8 Å². The average molecular weight is 314 g/mol. The summed E-state index contributed by atoms with van der Waals surface area (Å²) < 4.78 is 12.8. The number of nitrogens with one attached hydrogen (secondary N) is 2. The van der Waals surface area contributed by atoms with Crippen molar-refractivity contribution in [1.82, 2.24) is 5.32 Å². The van der Waals surface area contributed by atoms with Gasteiger partial charge in [-0.1, -0.05) is 24.3 Å². The Labute approximate surface area is 134 Å². The molecule has 4 nitrogen and oxygen atoms in total. The van der Waals surface area contributed by atoms with Crippen LogP contribution in [0.3, 0.4) is 0 Å². The van der Waals surface area contributed by atoms with E-state index in [1.807, 2.05) is 12.1 Å². The smallest absolute Gasteiger partial charge is 0.221 e. The van der Waals surface area contributed by atoms with Crippen LogP contribution in [0.4, 0.5) is 10.1 Å². The zero-order valence-electron chi connectivity index (χ0n) is 12.9. The van der Waals surface area contributed by atoms with Crippen LogP contribution in [-0.2, 0) is 22.6 Å². The molecule has 0 unspecified atom stereocenters. The van der Waals surface area contributed by atoms with Gasteiger partial charge < -0.3 is 10.6 Å². The summed E-state index contributed by atoms with van der Waals surface area (Å²) >= 11 is 0. The Bertz CT molecular complexity index is 666. The highest BCUT2D eigenvalue weighted by Crippen LogP contribution is 2.09. The SMILES string of the molecule is CC(=O)Nc1ccc(CNC(=O)CCc2ccc(F)cc2)cc1. The Hall–Kier alpha value is -2.69. The maximum atomic E-state index is 12.8. The van der Waals surface area contributed by atoms with Gasteiger partial charge in [-0.3, -0.25) is 9.59 Å². The molecule has 2 amide bonds. The van der Waals surface area contributed by atoms with Crippen LogP contribution in [0.15, 0.2) is 48.5 Å². The molecule has 2 aromatic rings. The summed E-state index contributed by atoms with van der Waals surface area (Å²) in [5, 5.41) is 5.53. The normalized spacial score (nSPS) is 10.2. The summed E-state index contributed by atoms with van der Waals surface area (Å²) in [5.41, 5.74) is 2.61. The van der Waals surface area contributed by atoms with Crippen molar-refractivity contribution >= 4 is 17.5 Å². The zero-order valence-corrected chi connectivity index (χ0v) is 12.9. The number of hydrogen-bond donors (Lipinski definition) is 2. The molecule has 5 heteroatoms. The van der Waals surface area contributed by atoms with Gasteiger partial charge in [-0.2, -0.15) is 0 Å². The van der Waals surface area contributed by atoms with Gasteiger partial charge in [0.25, 0.3) is 0 Å². The van der Waals surface area contributed by atoms with Gasteiger partial charge >= 0.3 is 0 Å². The average Bonchev–Trinajstić information content (AvgIpc) is 2.53. The van der Waals surface area contributed by atoms with E-state index in [2.05, 4.69) is 10.6 Å². The van der Waals surface area contributed by atoms with Crippen LogP contribution in [0.1, 0.15) is 24.5 Å². The van der Waals surface area contributed by atoms with Crippen LogP contribution in [0.25, 0.3) is 0 Å². The maximum Gasteiger partial charge on any atom is 0.221 e. The first-order valence-corrected chi connectivity index (χ1v) is 7.40. The third-order valence-electron chi connectivity index (χ3n) is 3.32. The lowest BCUT2D eigenvalue weighted by molar-refractivity contribution is -0.121. The number of carbonyl (C=O) groups excluding carboxylic acids is 2. The maximum absolute atomic E-state index is 12.8. The van der Waals surface area contributed by atoms with E-state index in [-0.39, 0.29) is 17.6 Å². The van der Waals surface area contributed by atoms with E-state index in [0.717, 1.165) is 16.8 Å². The molecule has 0 aliphatic heterocycles. The largest absolute Gasteiger partial charge is 0.352 e. The van der Waals surface area contributed by atoms with E-state index in [1.165, 1.54) is 19.1 Å². The van der Waals surface area contributed by atoms with Crippen molar-refractivity contribution in [1.29, 1.82) is 0 Å². The Morgan fingerprint density at radius 3 is 2.17 bits per heavy atom. The van der Waals surface area contributed by atoms with E-state index in [4.69, 9.17) is 0 Å². The Morgan fingerprint density at radius 2 is 1.57 bits per heavy atom. The highest BCUT2D eigenvalue weighted by Gasteiger charge is 2.03. The zero-order chi connectivity index (χ0) is 16.7. The van der Waals surface area contributed by atoms with Crippen molar-refractivity contribution in [3.8, 4) is 0 Å². The Kier molecular flexibility index (Phi) is 5.86. The first-order valence-electron chi connectivity index (χ1n) is 7.40. The van der Waals surface area contributed by atoms with E-state index >= 15 is 0 Å². The summed E-state index contributed by atoms with van der Waals surface area (Å²) in [7, 11) is 0. The lowest BCUT2D eigenvalue weighted by Gasteiger charge is -2.07. The second-order valence-corrected chi connectivity index (χ2v) is 5.28. The lowest BCUT2D eigenvalue weighted by atomic mass is 10.1. The topological polar surface area (TPSA) is 58.2 Å². The van der Waals surface area contributed by atoms with Gasteiger partial charge in [0.15, 0.2) is 0 Å². The van der Waals surface area contributed by atoms with Gasteiger partial charge in [0, 0.05) is 25.6 Å². The number of hydrogen-bond acceptors (Lipinski definition) is 2. The number of rotatable bonds is 6. The molecule has 0 atom stereocenters. The quantitative estimate of drug-likeness (QED) is 0.861. The van der Waals surface area contributed by atoms with Crippen LogP contribution in [0, 0.1) is 5.82 Å². The van der Waals surface area contributed by atoms with Gasteiger partial charge in [0.1, 0.15) is 5.82 Å². The molecule has 2 N–H and O–H groups in total. The Morgan fingerprint density at radius 1 is 0.957 bits per heavy atom. The third kappa shape index (κ3) is 5.90. The van der Waals surface area contributed by atoms with Gasteiger partial charge in [-0.25, -0.2) is 4.39 Å². The van der Waals surface area contributed by atoms with Crippen LogP contribution in [0.2, 0.25) is 0 Å². The van der Waals surface area contributed by atoms with Gasteiger partial charge in [-0.15, -0.1) is 0 Å². The van der Waals surface area contributed by atoms with Gasteiger partial charge in [0.05, 0.1) is 0 Å². The van der Waals surface area contributed by atoms with Crippen molar-refractivity contribution in [3.63, 3.8) is 0 Å². The molecule has 0 fully saturated rings. The van der Waals surface area contributed by atoms with E-state index in [1.54, 1.807) is 24.3 Å². The van der Waals surface area contributed by atoms with Crippen LogP contribution < -0.4 is 10.6 Å². The molecule has 0 bridgehead atoms. The van der Waals surface area contributed by atoms with Crippen molar-refractivity contribution in [2.45, 2.75) is 26.3 Å². The van der Waals surface area contributed by atoms with E-state index in [0.29, 0.717) is 19.4 Å². The highest BCUT2D eigenvalue weighted by molar-refractivity contribution is 5.88. The fraction of sp³-hybridized carbons (Fsp3) is 0.222. The monoisotopic (exact) mass is 314 g/mol. The predicted molar refractivity (Wildman–Crippen MR) is 87.3 cm³/mol. The number of halogens is 1. The number of amides is 2. The molecule has 0 saturated heterocycles. The fourth-order valence-corrected chi connectivity index (χ4v) is 2.11. The second kappa shape index (κ2) is 8.08. The summed E-state index contributed by atoms with van der Waals surface area (Å²) in [6.45, 7) is 1.89. The molecule has 0 saturated carbocycles. The predicted octanol–water partition coefficient (Wildman–Crippen LogP) is 3.03. The molecule has 2 aromatic carbocycles. The van der Waals surface area contributed by atoms with Crippen molar-refractivity contribution in [2.24, 2.45) is 0 Å². The molecule has 0 aromatic heterocycles. The summed E-state index contributed by atoms with van der Waals surface area (Å²) in [5.74, 6) is -0.451. The lowest BCUT2D eigenvalue weighted by Crippen LogP contribution is -2.23. The molecule has 0 aliphatic carbocycles. The standard InChI is InChI=1S/C18H19FN2O2/c1-13(22)21-17-9-4-15(5-10-17)12-20-18(23)11-6-14-2-7-16(19)8-3-14/h2-5,7-10H,6,11-12H2,1H3,(H,20,23)(H,21,22). The molecule has 0 aliphatic rings. The van der Waals surface area contributed by atoms with E-state index < -0.39 is 0 Å². The first kappa shape index (κ1) is 16.7. The number of carbonyl (C=O) groups is 2. The molecule has 0 radical (unpaired) electrons. The second-order valence-electron chi connectivity index (χ2n) is 5.28. The minimum absolute atomic E-state index is 0.0553. The highest BCUT2D eigenvalue weighted by atomic mass is 19.1. The fourth-order valence-electron chi connectivity index (χ4n) is 2.11. The van der Waals surface area contributed by atoms with Crippen LogP contribution >= 0.6 is 0 Å². The van der Waals surface area contributed by atoms with Crippen molar-refractivity contribution < 1.29 is 14.0 Å². The molecule has 0 heterocycles. The molecule has 2 rings (SSSR count). The van der Waals surface area contributed by atoms with Gasteiger partial charge in [-0.05, 0) is 41.8 Å². The minimum atomic E-state index is -0.277. The summed E-state index contributed by atoms with van der Waals surface area (Å²) in [6, 6.07) is 13.4. The third-order valence-corrected chi connectivity index (χ3v) is 3.32. The van der Waals surface area contributed by atoms with Crippen molar-refractivity contribution in [2.75, 3.05) is 5.32 Å². The molecule has 0 spiro atoms. The summed E-state index contributed by atoms with van der Waals surface area (Å²) in [4.78, 5) is 22.8. The number of benzene rings is 2. The minimum Gasteiger partial charge on any atom is -0.352 e. The first-order chi connectivity index (χ1) is 11.0. The molecule has 23 heavy (non-hydrogen) atoms.